The van der Waals surface area contributed by atoms with Crippen LogP contribution >= 0.6 is 0 Å². The van der Waals surface area contributed by atoms with Crippen molar-refractivity contribution in [2.45, 2.75) is 57.8 Å². The van der Waals surface area contributed by atoms with E-state index in [0.717, 1.165) is 0 Å². The summed E-state index contributed by atoms with van der Waals surface area (Å²) >= 11 is 0. The highest BCUT2D eigenvalue weighted by Gasteiger charge is 2.39. The summed E-state index contributed by atoms with van der Waals surface area (Å²) in [6, 6.07) is 75.2. The van der Waals surface area contributed by atoms with Crippen molar-refractivity contribution in [1.82, 2.24) is 0 Å². The quantitative estimate of drug-likeness (QED) is 0.123. The van der Waals surface area contributed by atoms with Crippen molar-refractivity contribution in [1.29, 1.82) is 0 Å². The Bertz CT molecular complexity index is 4260. The Kier molecular flexibility index (Phi) is 7.53. The highest BCUT2D eigenvalue weighted by molar-refractivity contribution is 6.28. The minimum atomic E-state index is -0.167. The molecule has 0 saturated carbocycles. The maximum Gasteiger partial charge on any atom is 0.0159 e. The van der Waals surface area contributed by atoms with Crippen LogP contribution in [0.25, 0.3) is 121 Å². The fourth-order valence-electron chi connectivity index (χ4n) is 13.9. The molecule has 0 unspecified atom stereocenters. The van der Waals surface area contributed by atoms with E-state index in [0.29, 0.717) is 0 Å². The van der Waals surface area contributed by atoms with Crippen molar-refractivity contribution in [3.63, 3.8) is 0 Å². The lowest BCUT2D eigenvalue weighted by atomic mass is 9.77. The number of rotatable bonds is 3. The van der Waals surface area contributed by atoms with Crippen molar-refractivity contribution >= 4 is 53.9 Å². The topological polar surface area (TPSA) is 0 Å². The molecular weight excluding hydrogens is 829 g/mol. The number of hydrogen-bond donors (Lipinski definition) is 0. The van der Waals surface area contributed by atoms with Gasteiger partial charge in [-0.3, -0.25) is 0 Å². The Morgan fingerprint density at radius 2 is 0.681 bits per heavy atom. The van der Waals surface area contributed by atoms with Gasteiger partial charge in [0.25, 0.3) is 0 Å². The monoisotopic (exact) mass is 878 g/mol. The predicted molar refractivity (Wildman–Crippen MR) is 294 cm³/mol. The third-order valence-corrected chi connectivity index (χ3v) is 17.4. The zero-order valence-corrected chi connectivity index (χ0v) is 40.0. The second-order valence-corrected chi connectivity index (χ2v) is 22.0. The molecule has 0 aromatic heterocycles. The summed E-state index contributed by atoms with van der Waals surface area (Å²) < 4.78 is 0. The molecule has 0 nitrogen and oxygen atoms in total. The molecule has 0 spiro atoms. The predicted octanol–water partition coefficient (Wildman–Crippen LogP) is 18.8. The van der Waals surface area contributed by atoms with Gasteiger partial charge < -0.3 is 0 Å². The van der Waals surface area contributed by atoms with Crippen LogP contribution in [-0.2, 0) is 16.2 Å². The van der Waals surface area contributed by atoms with Gasteiger partial charge in [-0.25, -0.2) is 0 Å². The largest absolute Gasteiger partial charge is 0.0619 e. The van der Waals surface area contributed by atoms with Gasteiger partial charge >= 0.3 is 0 Å². The Hall–Kier alpha value is -7.80. The first-order valence-corrected chi connectivity index (χ1v) is 24.8. The van der Waals surface area contributed by atoms with Crippen LogP contribution in [0, 0.1) is 0 Å². The molecule has 0 bridgehead atoms. The summed E-state index contributed by atoms with van der Waals surface area (Å²) in [7, 11) is 0. The van der Waals surface area contributed by atoms with Crippen molar-refractivity contribution in [3.8, 4) is 66.8 Å². The second kappa shape index (κ2) is 13.2. The first kappa shape index (κ1) is 39.2. The van der Waals surface area contributed by atoms with Crippen molar-refractivity contribution in [2.24, 2.45) is 0 Å². The summed E-state index contributed by atoms with van der Waals surface area (Å²) in [6.45, 7) is 14.5. The molecule has 12 aromatic carbocycles. The summed E-state index contributed by atoms with van der Waals surface area (Å²) in [5.74, 6) is 0. The minimum Gasteiger partial charge on any atom is -0.0619 e. The van der Waals surface area contributed by atoms with Crippen LogP contribution in [-0.4, -0.2) is 0 Å². The van der Waals surface area contributed by atoms with Gasteiger partial charge in [-0.05, 0) is 190 Å². The summed E-state index contributed by atoms with van der Waals surface area (Å²) in [5, 5.41) is 13.0. The van der Waals surface area contributed by atoms with E-state index >= 15 is 0 Å². The van der Waals surface area contributed by atoms with Gasteiger partial charge in [0.2, 0.25) is 0 Å². The van der Waals surface area contributed by atoms with E-state index in [9.17, 15) is 0 Å². The second-order valence-electron chi connectivity index (χ2n) is 22.0. The van der Waals surface area contributed by atoms with Crippen LogP contribution in [0.1, 0.15) is 74.9 Å². The summed E-state index contributed by atoms with van der Waals surface area (Å²) in [6.07, 6.45) is 0. The molecule has 0 atom stereocenters. The molecule has 0 amide bonds. The van der Waals surface area contributed by atoms with Gasteiger partial charge in [0, 0.05) is 16.2 Å². The molecule has 3 aliphatic carbocycles. The lowest BCUT2D eigenvalue weighted by molar-refractivity contribution is 0.660. The minimum absolute atomic E-state index is 0.132. The van der Waals surface area contributed by atoms with E-state index in [1.165, 1.54) is 154 Å². The Morgan fingerprint density at radius 3 is 1.29 bits per heavy atom. The highest BCUT2D eigenvalue weighted by Crippen LogP contribution is 2.57. The fraction of sp³-hybridized carbons (Fsp3) is 0.130. The average Bonchev–Trinajstić information content (AvgIpc) is 3.85. The standard InChI is InChI=1S/C69H50/c1-67(2)57-22-10-7-18-45(57)48-30-28-43(35-60(48)67)64-51-32-27-41(52-34-42-17-13-15-39-25-26-40-16-14-21-50(52)66(40)63(39)42)33-54(51)65(44-29-31-49-46-19-8-11-23-58(46)68(3,4)61(49)36-44)56-38-62-53(37-55(56)64)47-20-9-12-24-59(47)69(62,5)6/h7-38H,1-6H3. The SMILES string of the molecule is CC1(C)c2ccccc2-c2ccc(-c3c4ccc(-c5cc6cccc7ccc8cccc5c8c76)cc4c(-c4ccc5c(c4)C(C)(C)c4ccccc4-5)c4cc5c(cc34)-c3ccccc3C5(C)C)cc21. The van der Waals surface area contributed by atoms with Crippen LogP contribution in [0.3, 0.4) is 0 Å². The molecule has 69 heavy (non-hydrogen) atoms. The van der Waals surface area contributed by atoms with Gasteiger partial charge in [-0.2, -0.15) is 0 Å². The van der Waals surface area contributed by atoms with Crippen molar-refractivity contribution in [3.05, 3.63) is 228 Å². The van der Waals surface area contributed by atoms with E-state index in [1.807, 2.05) is 0 Å². The smallest absolute Gasteiger partial charge is 0.0159 e. The van der Waals surface area contributed by atoms with E-state index in [-0.39, 0.29) is 16.2 Å². The average molecular weight is 879 g/mol. The molecule has 3 aliphatic rings. The molecule has 0 heteroatoms. The third-order valence-electron chi connectivity index (χ3n) is 17.4. The van der Waals surface area contributed by atoms with E-state index in [4.69, 9.17) is 0 Å². The number of hydrogen-bond acceptors (Lipinski definition) is 0. The van der Waals surface area contributed by atoms with E-state index in [2.05, 4.69) is 236 Å². The molecule has 0 saturated heterocycles. The Morgan fingerprint density at radius 1 is 0.232 bits per heavy atom. The molecule has 0 N–H and O–H groups in total. The summed E-state index contributed by atoms with van der Waals surface area (Å²) in [4.78, 5) is 0. The fourth-order valence-corrected chi connectivity index (χ4v) is 13.9. The zero-order valence-electron chi connectivity index (χ0n) is 40.0. The van der Waals surface area contributed by atoms with E-state index < -0.39 is 0 Å². The molecule has 12 aromatic rings. The van der Waals surface area contributed by atoms with Gasteiger partial charge in [-0.15, -0.1) is 0 Å². The number of fused-ring (bicyclic) bond motifs is 11. The Balaban J connectivity index is 1.09. The van der Waals surface area contributed by atoms with Gasteiger partial charge in [0.1, 0.15) is 0 Å². The number of benzene rings is 12. The van der Waals surface area contributed by atoms with Gasteiger partial charge in [0.15, 0.2) is 0 Å². The highest BCUT2D eigenvalue weighted by atomic mass is 14.4. The van der Waals surface area contributed by atoms with Gasteiger partial charge in [0.05, 0.1) is 0 Å². The van der Waals surface area contributed by atoms with Gasteiger partial charge in [-0.1, -0.05) is 199 Å². The van der Waals surface area contributed by atoms with Crippen LogP contribution in [0.2, 0.25) is 0 Å². The van der Waals surface area contributed by atoms with Crippen LogP contribution in [0.15, 0.2) is 194 Å². The molecule has 0 heterocycles. The van der Waals surface area contributed by atoms with Crippen molar-refractivity contribution in [2.75, 3.05) is 0 Å². The molecule has 0 aliphatic heterocycles. The molecule has 326 valence electrons. The normalized spacial score (nSPS) is 15.4. The molecular formula is C69H50. The first-order valence-electron chi connectivity index (χ1n) is 24.8. The lowest BCUT2D eigenvalue weighted by Gasteiger charge is -2.26. The molecule has 0 radical (unpaired) electrons. The third kappa shape index (κ3) is 5.04. The lowest BCUT2D eigenvalue weighted by Crippen LogP contribution is -2.15. The first-order chi connectivity index (χ1) is 33.5. The summed E-state index contributed by atoms with van der Waals surface area (Å²) in [5.41, 5.74) is 23.7. The van der Waals surface area contributed by atoms with Crippen LogP contribution in [0.5, 0.6) is 0 Å². The molecule has 15 rings (SSSR count). The maximum absolute atomic E-state index is 2.60. The van der Waals surface area contributed by atoms with Crippen molar-refractivity contribution < 1.29 is 0 Å². The van der Waals surface area contributed by atoms with Crippen LogP contribution in [0.4, 0.5) is 0 Å². The van der Waals surface area contributed by atoms with E-state index in [1.54, 1.807) is 0 Å². The Labute approximate surface area is 403 Å². The van der Waals surface area contributed by atoms with Crippen LogP contribution < -0.4 is 0 Å². The zero-order chi connectivity index (χ0) is 46.3. The molecule has 0 fully saturated rings. The maximum atomic E-state index is 2.60.